The molecule has 8 nitrogen and oxygen atoms in total. The minimum Gasteiger partial charge on any atom is -0.479 e. The van der Waals surface area contributed by atoms with Gasteiger partial charge in [-0.05, 0) is 37.1 Å². The van der Waals surface area contributed by atoms with E-state index in [1.54, 1.807) is 20.0 Å². The summed E-state index contributed by atoms with van der Waals surface area (Å²) in [5.41, 5.74) is 1.39. The monoisotopic (exact) mass is 404 g/mol. The van der Waals surface area contributed by atoms with Crippen LogP contribution in [-0.2, 0) is 19.2 Å². The number of aryl methyl sites for hydroxylation is 2. The van der Waals surface area contributed by atoms with Crippen molar-refractivity contribution in [2.24, 2.45) is 0 Å². The number of hydrogen-bond acceptors (Lipinski definition) is 8. The highest BCUT2D eigenvalue weighted by Gasteiger charge is 2.06. The number of nitrogens with zero attached hydrogens (tertiary/aromatic N) is 2. The summed E-state index contributed by atoms with van der Waals surface area (Å²) >= 11 is 5.61. The Morgan fingerprint density at radius 3 is 1.78 bits per heavy atom. The van der Waals surface area contributed by atoms with Crippen LogP contribution in [0.15, 0.2) is 18.3 Å². The molecule has 2 aromatic rings. The largest absolute Gasteiger partial charge is 0.479 e. The third kappa shape index (κ3) is 11.1. The van der Waals surface area contributed by atoms with Crippen LogP contribution in [0.3, 0.4) is 0 Å². The molecule has 27 heavy (non-hydrogen) atoms. The zero-order valence-electron chi connectivity index (χ0n) is 14.7. The van der Waals surface area contributed by atoms with Crippen LogP contribution in [0, 0.1) is 25.5 Å². The third-order valence-electron chi connectivity index (χ3n) is 2.40. The summed E-state index contributed by atoms with van der Waals surface area (Å²) in [6.45, 7) is 3.45. The maximum absolute atomic E-state index is 12.8. The van der Waals surface area contributed by atoms with Crippen LogP contribution in [0.5, 0.6) is 11.8 Å². The van der Waals surface area contributed by atoms with Crippen LogP contribution >= 0.6 is 11.6 Å². The van der Waals surface area contributed by atoms with E-state index in [1.807, 2.05) is 0 Å². The summed E-state index contributed by atoms with van der Waals surface area (Å²) in [7, 11) is 2.73. The fourth-order valence-electron chi connectivity index (χ4n) is 1.36. The topological polar surface area (TPSA) is 113 Å². The SMILES string of the molecule is COc1nc(Cl)c(C)cc1F.COc1ncc(C)cc1F.O=C=O.O=C=O. The van der Waals surface area contributed by atoms with E-state index in [1.165, 1.54) is 26.4 Å². The van der Waals surface area contributed by atoms with Crippen LogP contribution in [0.25, 0.3) is 0 Å². The van der Waals surface area contributed by atoms with Gasteiger partial charge in [-0.25, -0.2) is 13.8 Å². The van der Waals surface area contributed by atoms with Gasteiger partial charge in [0.15, 0.2) is 11.6 Å². The molecular formula is C16H15ClF2N2O6. The van der Waals surface area contributed by atoms with Gasteiger partial charge in [-0.3, -0.25) is 0 Å². The highest BCUT2D eigenvalue weighted by molar-refractivity contribution is 6.30. The predicted molar refractivity (Wildman–Crippen MR) is 86.0 cm³/mol. The molecule has 2 aromatic heterocycles. The molecule has 2 heterocycles. The molecule has 0 fully saturated rings. The van der Waals surface area contributed by atoms with Gasteiger partial charge in [-0.2, -0.15) is 24.2 Å². The van der Waals surface area contributed by atoms with Gasteiger partial charge in [0.05, 0.1) is 14.2 Å². The van der Waals surface area contributed by atoms with Crippen molar-refractivity contribution in [2.75, 3.05) is 14.2 Å². The van der Waals surface area contributed by atoms with Crippen molar-refractivity contribution in [1.82, 2.24) is 9.97 Å². The second-order valence-electron chi connectivity index (χ2n) is 4.26. The van der Waals surface area contributed by atoms with E-state index in [2.05, 4.69) is 19.4 Å². The molecule has 0 unspecified atom stereocenters. The Labute approximate surface area is 158 Å². The molecule has 0 bridgehead atoms. The van der Waals surface area contributed by atoms with Gasteiger partial charge in [-0.15, -0.1) is 0 Å². The molecule has 0 atom stereocenters. The molecule has 0 radical (unpaired) electrons. The van der Waals surface area contributed by atoms with E-state index in [0.29, 0.717) is 5.56 Å². The lowest BCUT2D eigenvalue weighted by atomic mass is 10.3. The van der Waals surface area contributed by atoms with Crippen molar-refractivity contribution in [1.29, 1.82) is 0 Å². The Bertz CT molecular complexity index is 781. The average Bonchev–Trinajstić information content (AvgIpc) is 2.60. The lowest BCUT2D eigenvalue weighted by Crippen LogP contribution is -1.93. The van der Waals surface area contributed by atoms with Gasteiger partial charge in [0.1, 0.15) is 5.15 Å². The van der Waals surface area contributed by atoms with Crippen LogP contribution in [0.1, 0.15) is 11.1 Å². The van der Waals surface area contributed by atoms with Crippen LogP contribution in [0.4, 0.5) is 8.78 Å². The highest BCUT2D eigenvalue weighted by atomic mass is 35.5. The molecule has 0 aliphatic heterocycles. The number of pyridine rings is 2. The van der Waals surface area contributed by atoms with Gasteiger partial charge >= 0.3 is 12.3 Å². The molecular weight excluding hydrogens is 390 g/mol. The molecule has 0 spiro atoms. The van der Waals surface area contributed by atoms with Crippen molar-refractivity contribution >= 4 is 23.9 Å². The molecule has 0 aliphatic carbocycles. The third-order valence-corrected chi connectivity index (χ3v) is 2.79. The first-order valence-electron chi connectivity index (χ1n) is 6.73. The summed E-state index contributed by atoms with van der Waals surface area (Å²) in [6, 6.07) is 2.67. The van der Waals surface area contributed by atoms with Crippen LogP contribution in [0.2, 0.25) is 5.15 Å². The molecule has 0 saturated carbocycles. The Kier molecular flexibility index (Phi) is 14.6. The van der Waals surface area contributed by atoms with Crippen LogP contribution < -0.4 is 9.47 Å². The maximum Gasteiger partial charge on any atom is 0.373 e. The number of rotatable bonds is 2. The van der Waals surface area contributed by atoms with Gasteiger partial charge in [0.25, 0.3) is 5.88 Å². The van der Waals surface area contributed by atoms with Crippen LogP contribution in [-0.4, -0.2) is 36.5 Å². The normalized spacial score (nSPS) is 8.11. The first-order valence-corrected chi connectivity index (χ1v) is 7.11. The van der Waals surface area contributed by atoms with Crippen molar-refractivity contribution in [3.63, 3.8) is 0 Å². The van der Waals surface area contributed by atoms with E-state index < -0.39 is 11.6 Å². The Morgan fingerprint density at radius 2 is 1.37 bits per heavy atom. The average molecular weight is 405 g/mol. The Balaban J connectivity index is 0. The summed E-state index contributed by atoms with van der Waals surface area (Å²) in [5, 5.41) is 0.267. The number of halogens is 3. The second kappa shape index (κ2) is 15.1. The minimum absolute atomic E-state index is 0.0469. The van der Waals surface area contributed by atoms with Gasteiger partial charge < -0.3 is 9.47 Å². The maximum atomic E-state index is 12.8. The van der Waals surface area contributed by atoms with E-state index in [-0.39, 0.29) is 29.2 Å². The highest BCUT2D eigenvalue weighted by Crippen LogP contribution is 2.20. The summed E-state index contributed by atoms with van der Waals surface area (Å²) < 4.78 is 34.7. The fraction of sp³-hybridized carbons (Fsp3) is 0.250. The molecule has 0 amide bonds. The first-order chi connectivity index (χ1) is 12.7. The van der Waals surface area contributed by atoms with Crippen molar-refractivity contribution < 1.29 is 37.4 Å². The minimum atomic E-state index is -0.491. The van der Waals surface area contributed by atoms with Crippen molar-refractivity contribution in [3.05, 3.63) is 46.2 Å². The van der Waals surface area contributed by atoms with Gasteiger partial charge in [-0.1, -0.05) is 11.6 Å². The van der Waals surface area contributed by atoms with Gasteiger partial charge in [0.2, 0.25) is 5.88 Å². The number of ether oxygens (including phenoxy) is 2. The number of aromatic nitrogens is 2. The Morgan fingerprint density at radius 1 is 0.926 bits per heavy atom. The van der Waals surface area contributed by atoms with Crippen molar-refractivity contribution in [3.8, 4) is 11.8 Å². The molecule has 0 N–H and O–H groups in total. The predicted octanol–water partition coefficient (Wildman–Crippen LogP) is 2.56. The Hall–Kier alpha value is -3.19. The van der Waals surface area contributed by atoms with Gasteiger partial charge in [0, 0.05) is 6.20 Å². The second-order valence-corrected chi connectivity index (χ2v) is 4.62. The van der Waals surface area contributed by atoms with E-state index in [4.69, 9.17) is 30.8 Å². The molecule has 0 saturated heterocycles. The molecule has 0 aliphatic rings. The molecule has 2 rings (SSSR count). The zero-order chi connectivity index (χ0) is 21.4. The summed E-state index contributed by atoms with van der Waals surface area (Å²) in [6.07, 6.45) is 2.06. The molecule has 0 aromatic carbocycles. The fourth-order valence-corrected chi connectivity index (χ4v) is 1.49. The summed E-state index contributed by atoms with van der Waals surface area (Å²) in [5.74, 6) is -0.928. The number of hydrogen-bond donors (Lipinski definition) is 0. The lowest BCUT2D eigenvalue weighted by molar-refractivity contribution is -0.193. The summed E-state index contributed by atoms with van der Waals surface area (Å²) in [4.78, 5) is 39.9. The van der Waals surface area contributed by atoms with Crippen molar-refractivity contribution in [2.45, 2.75) is 13.8 Å². The van der Waals surface area contributed by atoms with E-state index >= 15 is 0 Å². The first kappa shape index (κ1) is 26.0. The van der Waals surface area contributed by atoms with E-state index in [9.17, 15) is 8.78 Å². The smallest absolute Gasteiger partial charge is 0.373 e. The molecule has 146 valence electrons. The lowest BCUT2D eigenvalue weighted by Gasteiger charge is -2.02. The molecule has 11 heteroatoms. The standard InChI is InChI=1S/C7H7ClFNO.C7H8FNO.2CO2/c1-4-3-5(9)7(11-2)10-6(4)8;1-5-3-6(8)7(10-2)9-4-5;2*2-1-3/h3H,1-2H3;3-4H,1-2H3;;. The number of carbonyl (C=O) groups excluding carboxylic acids is 4. The number of methoxy groups -OCH3 is 2. The quantitative estimate of drug-likeness (QED) is 0.702. The van der Waals surface area contributed by atoms with E-state index in [0.717, 1.165) is 5.56 Å². The zero-order valence-corrected chi connectivity index (χ0v) is 15.5.